The molecule has 2 amide bonds. The number of hydrogen-bond donors (Lipinski definition) is 1. The van der Waals surface area contributed by atoms with E-state index in [9.17, 15) is 14.9 Å². The first-order valence-corrected chi connectivity index (χ1v) is 11.5. The molecule has 1 aliphatic carbocycles. The van der Waals surface area contributed by atoms with Gasteiger partial charge in [-0.2, -0.15) is 5.26 Å². The van der Waals surface area contributed by atoms with Gasteiger partial charge in [-0.05, 0) is 32.6 Å². The van der Waals surface area contributed by atoms with E-state index in [1.165, 1.54) is 12.8 Å². The fourth-order valence-corrected chi connectivity index (χ4v) is 4.85. The van der Waals surface area contributed by atoms with Crippen molar-refractivity contribution in [1.82, 2.24) is 20.0 Å². The minimum atomic E-state index is -0.676. The summed E-state index contributed by atoms with van der Waals surface area (Å²) in [5, 5.41) is 12.7. The number of amides is 2. The van der Waals surface area contributed by atoms with Gasteiger partial charge in [0.25, 0.3) is 0 Å². The van der Waals surface area contributed by atoms with E-state index in [1.807, 2.05) is 11.8 Å². The van der Waals surface area contributed by atoms with Crippen LogP contribution >= 0.6 is 0 Å². The van der Waals surface area contributed by atoms with Crippen LogP contribution in [0.5, 0.6) is 0 Å². The zero-order valence-electron chi connectivity index (χ0n) is 18.0. The molecule has 3 fully saturated rings. The van der Waals surface area contributed by atoms with Gasteiger partial charge in [-0.25, -0.2) is 0 Å². The lowest BCUT2D eigenvalue weighted by Gasteiger charge is -2.39. The summed E-state index contributed by atoms with van der Waals surface area (Å²) in [5.74, 6) is 0.210. The normalized spacial score (nSPS) is 24.9. The average Bonchev–Trinajstić information content (AvgIpc) is 3.04. The molecule has 1 saturated carbocycles. The number of carbonyl (C=O) groups is 2. The topological polar surface area (TPSA) is 79.7 Å². The summed E-state index contributed by atoms with van der Waals surface area (Å²) in [4.78, 5) is 31.8. The van der Waals surface area contributed by atoms with E-state index in [0.717, 1.165) is 84.2 Å². The maximum atomic E-state index is 12.8. The Morgan fingerprint density at radius 3 is 2.10 bits per heavy atom. The molecule has 0 bridgehead atoms. The van der Waals surface area contributed by atoms with Crippen LogP contribution in [-0.2, 0) is 9.59 Å². The van der Waals surface area contributed by atoms with E-state index in [1.54, 1.807) is 0 Å². The van der Waals surface area contributed by atoms with E-state index in [4.69, 9.17) is 0 Å². The largest absolute Gasteiger partial charge is 0.342 e. The quantitative estimate of drug-likeness (QED) is 0.756. The summed E-state index contributed by atoms with van der Waals surface area (Å²) >= 11 is 0. The van der Waals surface area contributed by atoms with Gasteiger partial charge >= 0.3 is 0 Å². The SMILES string of the molecule is CC(C(=O)NC1(C#N)CCCCC1)N1CCN(CC(=O)N2CCCCCC2)CC1. The first kappa shape index (κ1) is 22.0. The Bertz CT molecular complexity index is 595. The number of likely N-dealkylation sites (tertiary alicyclic amines) is 1. The summed E-state index contributed by atoms with van der Waals surface area (Å²) in [7, 11) is 0. The predicted octanol–water partition coefficient (Wildman–Crippen LogP) is 1.74. The number of nitrogens with one attached hydrogen (secondary N) is 1. The van der Waals surface area contributed by atoms with Crippen LogP contribution in [0.1, 0.15) is 64.7 Å². The van der Waals surface area contributed by atoms with Gasteiger partial charge in [0.2, 0.25) is 11.8 Å². The van der Waals surface area contributed by atoms with Gasteiger partial charge in [0.05, 0.1) is 18.7 Å². The lowest BCUT2D eigenvalue weighted by Crippen LogP contribution is -2.58. The number of carbonyl (C=O) groups excluding carboxylic acids is 2. The van der Waals surface area contributed by atoms with Crippen molar-refractivity contribution in [3.8, 4) is 6.07 Å². The fourth-order valence-electron chi connectivity index (χ4n) is 4.85. The smallest absolute Gasteiger partial charge is 0.238 e. The maximum Gasteiger partial charge on any atom is 0.238 e. The van der Waals surface area contributed by atoms with Crippen molar-refractivity contribution in [3.63, 3.8) is 0 Å². The van der Waals surface area contributed by atoms with Crippen LogP contribution in [0.15, 0.2) is 0 Å². The van der Waals surface area contributed by atoms with Crippen molar-refractivity contribution >= 4 is 11.8 Å². The lowest BCUT2D eigenvalue weighted by atomic mass is 9.82. The van der Waals surface area contributed by atoms with Gasteiger partial charge in [-0.15, -0.1) is 0 Å². The predicted molar refractivity (Wildman–Crippen MR) is 112 cm³/mol. The number of nitriles is 1. The summed E-state index contributed by atoms with van der Waals surface area (Å²) in [6.07, 6.45) is 9.38. The highest BCUT2D eigenvalue weighted by Gasteiger charge is 2.36. The molecule has 3 aliphatic rings. The molecule has 1 N–H and O–H groups in total. The highest BCUT2D eigenvalue weighted by Crippen LogP contribution is 2.27. The maximum absolute atomic E-state index is 12.8. The molecule has 162 valence electrons. The van der Waals surface area contributed by atoms with E-state index in [-0.39, 0.29) is 17.9 Å². The summed E-state index contributed by atoms with van der Waals surface area (Å²) in [6, 6.07) is 2.12. The Morgan fingerprint density at radius 1 is 0.931 bits per heavy atom. The van der Waals surface area contributed by atoms with Crippen LogP contribution in [0.3, 0.4) is 0 Å². The van der Waals surface area contributed by atoms with Gasteiger partial charge in [0.15, 0.2) is 0 Å². The molecule has 29 heavy (non-hydrogen) atoms. The average molecular weight is 404 g/mol. The molecule has 0 spiro atoms. The molecule has 2 saturated heterocycles. The Hall–Kier alpha value is -1.65. The second kappa shape index (κ2) is 10.4. The second-order valence-corrected chi connectivity index (χ2v) is 9.03. The van der Waals surface area contributed by atoms with E-state index < -0.39 is 5.54 Å². The molecule has 2 heterocycles. The number of nitrogens with zero attached hydrogens (tertiary/aromatic N) is 4. The zero-order chi connectivity index (χ0) is 20.7. The fraction of sp³-hybridized carbons (Fsp3) is 0.864. The molecule has 0 aromatic heterocycles. The third-order valence-corrected chi connectivity index (χ3v) is 6.94. The van der Waals surface area contributed by atoms with Crippen LogP contribution in [-0.4, -0.2) is 83.9 Å². The molecule has 1 atom stereocenters. The van der Waals surface area contributed by atoms with E-state index >= 15 is 0 Å². The van der Waals surface area contributed by atoms with Crippen molar-refractivity contribution < 1.29 is 9.59 Å². The Morgan fingerprint density at radius 2 is 1.52 bits per heavy atom. The van der Waals surface area contributed by atoms with Gasteiger partial charge in [0, 0.05) is 39.3 Å². The minimum absolute atomic E-state index is 0.0393. The summed E-state index contributed by atoms with van der Waals surface area (Å²) < 4.78 is 0. The van der Waals surface area contributed by atoms with Crippen LogP contribution in [0.25, 0.3) is 0 Å². The van der Waals surface area contributed by atoms with Crippen LogP contribution < -0.4 is 5.32 Å². The molecular weight excluding hydrogens is 366 g/mol. The van der Waals surface area contributed by atoms with E-state index in [2.05, 4.69) is 21.2 Å². The molecule has 3 rings (SSSR count). The third-order valence-electron chi connectivity index (χ3n) is 6.94. The molecule has 0 aromatic carbocycles. The zero-order valence-corrected chi connectivity index (χ0v) is 18.0. The summed E-state index contributed by atoms with van der Waals surface area (Å²) in [5.41, 5.74) is -0.676. The van der Waals surface area contributed by atoms with Crippen LogP contribution in [0, 0.1) is 11.3 Å². The summed E-state index contributed by atoms with van der Waals surface area (Å²) in [6.45, 7) is 7.39. The van der Waals surface area contributed by atoms with Crippen molar-refractivity contribution in [2.24, 2.45) is 0 Å². The monoisotopic (exact) mass is 403 g/mol. The minimum Gasteiger partial charge on any atom is -0.342 e. The standard InChI is InChI=1S/C22H37N5O2/c1-19(21(29)24-22(18-23)9-5-4-6-10-22)26-15-13-25(14-16-26)17-20(28)27-11-7-2-3-8-12-27/h19H,2-17H2,1H3,(H,24,29). The molecule has 2 aliphatic heterocycles. The van der Waals surface area contributed by atoms with Gasteiger partial charge in [-0.1, -0.05) is 32.1 Å². The van der Waals surface area contributed by atoms with Crippen molar-refractivity contribution in [2.45, 2.75) is 76.3 Å². The lowest BCUT2D eigenvalue weighted by molar-refractivity contribution is -0.134. The third kappa shape index (κ3) is 5.93. The highest BCUT2D eigenvalue weighted by molar-refractivity contribution is 5.82. The Kier molecular flexibility index (Phi) is 7.91. The molecule has 0 radical (unpaired) electrons. The number of piperazine rings is 1. The molecule has 0 aromatic rings. The Balaban J connectivity index is 1.44. The van der Waals surface area contributed by atoms with Crippen LogP contribution in [0.4, 0.5) is 0 Å². The second-order valence-electron chi connectivity index (χ2n) is 9.03. The van der Waals surface area contributed by atoms with Gasteiger partial charge in [0.1, 0.15) is 5.54 Å². The van der Waals surface area contributed by atoms with Crippen molar-refractivity contribution in [3.05, 3.63) is 0 Å². The first-order chi connectivity index (χ1) is 14.0. The number of hydrogen-bond acceptors (Lipinski definition) is 5. The molecular formula is C22H37N5O2. The molecule has 7 heteroatoms. The van der Waals surface area contributed by atoms with Crippen molar-refractivity contribution in [1.29, 1.82) is 5.26 Å². The van der Waals surface area contributed by atoms with Gasteiger partial charge in [-0.3, -0.25) is 19.4 Å². The highest BCUT2D eigenvalue weighted by atomic mass is 16.2. The van der Waals surface area contributed by atoms with Crippen LogP contribution in [0.2, 0.25) is 0 Å². The van der Waals surface area contributed by atoms with E-state index in [0.29, 0.717) is 6.54 Å². The van der Waals surface area contributed by atoms with Gasteiger partial charge < -0.3 is 10.2 Å². The first-order valence-electron chi connectivity index (χ1n) is 11.5. The molecule has 1 unspecified atom stereocenters. The number of rotatable bonds is 5. The van der Waals surface area contributed by atoms with Crippen molar-refractivity contribution in [2.75, 3.05) is 45.8 Å². The molecule has 7 nitrogen and oxygen atoms in total. The Labute approximate surface area is 175 Å².